The lowest BCUT2D eigenvalue weighted by atomic mass is 10.1. The van der Waals surface area contributed by atoms with Crippen molar-refractivity contribution < 1.29 is 0 Å². The van der Waals surface area contributed by atoms with Gasteiger partial charge in [0.25, 0.3) is 0 Å². The van der Waals surface area contributed by atoms with E-state index in [1.165, 1.54) is 21.7 Å². The van der Waals surface area contributed by atoms with E-state index in [0.717, 1.165) is 13.0 Å². The van der Waals surface area contributed by atoms with Gasteiger partial charge in [-0.25, -0.2) is 0 Å². The Hall–Kier alpha value is -0.640. The minimum Gasteiger partial charge on any atom is -0.309 e. The summed E-state index contributed by atoms with van der Waals surface area (Å²) in [4.78, 5) is 2.96. The minimum atomic E-state index is 0.480. The molecular formula is C14H19NS2. The van der Waals surface area contributed by atoms with Crippen LogP contribution in [0.3, 0.4) is 0 Å². The maximum atomic E-state index is 3.67. The molecule has 1 N–H and O–H groups in total. The summed E-state index contributed by atoms with van der Waals surface area (Å²) in [6, 6.07) is 7.06. The zero-order valence-corrected chi connectivity index (χ0v) is 12.0. The zero-order chi connectivity index (χ0) is 12.1. The van der Waals surface area contributed by atoms with Gasteiger partial charge in [0.2, 0.25) is 0 Å². The Bertz CT molecular complexity index is 431. The molecule has 0 aliphatic carbocycles. The van der Waals surface area contributed by atoms with Crippen LogP contribution in [-0.4, -0.2) is 6.54 Å². The fourth-order valence-corrected chi connectivity index (χ4v) is 3.70. The number of nitrogens with one attached hydrogen (secondary N) is 1. The summed E-state index contributed by atoms with van der Waals surface area (Å²) >= 11 is 3.72. The molecule has 0 saturated heterocycles. The lowest BCUT2D eigenvalue weighted by molar-refractivity contribution is 0.538. The minimum absolute atomic E-state index is 0.480. The molecule has 0 aromatic carbocycles. The first kappa shape index (κ1) is 12.8. The van der Waals surface area contributed by atoms with Crippen LogP contribution in [0.2, 0.25) is 0 Å². The molecular weight excluding hydrogens is 246 g/mol. The third-order valence-electron chi connectivity index (χ3n) is 2.84. The Kier molecular flexibility index (Phi) is 4.77. The molecule has 1 unspecified atom stereocenters. The monoisotopic (exact) mass is 265 g/mol. The summed E-state index contributed by atoms with van der Waals surface area (Å²) in [5.41, 5.74) is 1.42. The van der Waals surface area contributed by atoms with Crippen LogP contribution in [0.4, 0.5) is 0 Å². The second kappa shape index (κ2) is 6.34. The number of rotatable bonds is 6. The Morgan fingerprint density at radius 2 is 2.12 bits per heavy atom. The highest BCUT2D eigenvalue weighted by Gasteiger charge is 2.15. The van der Waals surface area contributed by atoms with Gasteiger partial charge in [0.1, 0.15) is 0 Å². The maximum Gasteiger partial charge on any atom is 0.0466 e. The van der Waals surface area contributed by atoms with E-state index >= 15 is 0 Å². The van der Waals surface area contributed by atoms with E-state index in [1.54, 1.807) is 0 Å². The Balaban J connectivity index is 2.11. The van der Waals surface area contributed by atoms with E-state index in [0.29, 0.717) is 6.04 Å². The van der Waals surface area contributed by atoms with Crippen molar-refractivity contribution in [3.05, 3.63) is 44.3 Å². The third kappa shape index (κ3) is 3.41. The number of hydrogen-bond acceptors (Lipinski definition) is 3. The van der Waals surface area contributed by atoms with Crippen molar-refractivity contribution >= 4 is 22.7 Å². The molecule has 2 rings (SSSR count). The van der Waals surface area contributed by atoms with Crippen LogP contribution >= 0.6 is 22.7 Å². The molecule has 0 saturated carbocycles. The molecule has 2 heterocycles. The van der Waals surface area contributed by atoms with Crippen LogP contribution in [0.1, 0.15) is 34.7 Å². The highest BCUT2D eigenvalue weighted by Crippen LogP contribution is 2.28. The van der Waals surface area contributed by atoms with Crippen molar-refractivity contribution in [2.75, 3.05) is 6.54 Å². The maximum absolute atomic E-state index is 3.67. The van der Waals surface area contributed by atoms with Crippen LogP contribution < -0.4 is 5.32 Å². The van der Waals surface area contributed by atoms with Crippen LogP contribution in [0, 0.1) is 6.92 Å². The van der Waals surface area contributed by atoms with Crippen molar-refractivity contribution in [2.24, 2.45) is 0 Å². The summed E-state index contributed by atoms with van der Waals surface area (Å²) in [7, 11) is 0. The summed E-state index contributed by atoms with van der Waals surface area (Å²) in [5.74, 6) is 0. The molecule has 0 fully saturated rings. The topological polar surface area (TPSA) is 12.0 Å². The summed E-state index contributed by atoms with van der Waals surface area (Å²) in [6.45, 7) is 5.52. The van der Waals surface area contributed by atoms with E-state index in [1.807, 2.05) is 22.7 Å². The summed E-state index contributed by atoms with van der Waals surface area (Å²) in [5, 5.41) is 8.02. The van der Waals surface area contributed by atoms with Gasteiger partial charge in [-0.1, -0.05) is 13.0 Å². The number of thiophene rings is 2. The van der Waals surface area contributed by atoms with Crippen LogP contribution in [0.15, 0.2) is 29.0 Å². The normalized spacial score (nSPS) is 12.8. The molecule has 17 heavy (non-hydrogen) atoms. The average Bonchev–Trinajstić information content (AvgIpc) is 2.95. The summed E-state index contributed by atoms with van der Waals surface area (Å²) < 4.78 is 0. The van der Waals surface area contributed by atoms with Crippen LogP contribution in [0.25, 0.3) is 0 Å². The van der Waals surface area contributed by atoms with Gasteiger partial charge in [-0.15, -0.1) is 22.7 Å². The van der Waals surface area contributed by atoms with Crippen molar-refractivity contribution in [2.45, 2.75) is 32.7 Å². The molecule has 0 amide bonds. The van der Waals surface area contributed by atoms with E-state index in [9.17, 15) is 0 Å². The molecule has 92 valence electrons. The smallest absolute Gasteiger partial charge is 0.0466 e. The lowest BCUT2D eigenvalue weighted by Gasteiger charge is -2.17. The molecule has 0 aliphatic rings. The van der Waals surface area contributed by atoms with Gasteiger partial charge >= 0.3 is 0 Å². The second-order valence-corrected chi connectivity index (χ2v) is 6.24. The second-order valence-electron chi connectivity index (χ2n) is 4.26. The Morgan fingerprint density at radius 3 is 2.71 bits per heavy atom. The molecule has 0 aliphatic heterocycles. The first-order chi connectivity index (χ1) is 8.31. The van der Waals surface area contributed by atoms with Crippen LogP contribution in [0.5, 0.6) is 0 Å². The van der Waals surface area contributed by atoms with E-state index in [4.69, 9.17) is 0 Å². The van der Waals surface area contributed by atoms with Gasteiger partial charge in [0.15, 0.2) is 0 Å². The molecule has 0 spiro atoms. The van der Waals surface area contributed by atoms with E-state index in [-0.39, 0.29) is 0 Å². The van der Waals surface area contributed by atoms with Gasteiger partial charge < -0.3 is 5.32 Å². The standard InChI is InChI=1S/C14H19NS2/c1-3-7-15-13(10-12-5-4-8-16-12)14-11(2)6-9-17-14/h4-6,8-9,13,15H,3,7,10H2,1-2H3. The highest BCUT2D eigenvalue weighted by atomic mass is 32.1. The average molecular weight is 265 g/mol. The number of aryl methyl sites for hydroxylation is 1. The molecule has 2 aromatic rings. The van der Waals surface area contributed by atoms with E-state index < -0.39 is 0 Å². The zero-order valence-electron chi connectivity index (χ0n) is 10.4. The fraction of sp³-hybridized carbons (Fsp3) is 0.429. The largest absolute Gasteiger partial charge is 0.309 e. The predicted molar refractivity (Wildman–Crippen MR) is 78.1 cm³/mol. The molecule has 1 nitrogen and oxygen atoms in total. The van der Waals surface area contributed by atoms with Crippen molar-refractivity contribution in [1.29, 1.82) is 0 Å². The summed E-state index contributed by atoms with van der Waals surface area (Å²) in [6.07, 6.45) is 2.30. The first-order valence-electron chi connectivity index (χ1n) is 6.11. The molecule has 0 radical (unpaired) electrons. The molecule has 0 bridgehead atoms. The third-order valence-corrected chi connectivity index (χ3v) is 4.88. The van der Waals surface area contributed by atoms with Crippen molar-refractivity contribution in [3.8, 4) is 0 Å². The van der Waals surface area contributed by atoms with Gasteiger partial charge in [-0.3, -0.25) is 0 Å². The first-order valence-corrected chi connectivity index (χ1v) is 7.87. The van der Waals surface area contributed by atoms with Crippen molar-refractivity contribution in [3.63, 3.8) is 0 Å². The van der Waals surface area contributed by atoms with Gasteiger partial charge in [-0.05, 0) is 48.3 Å². The van der Waals surface area contributed by atoms with Gasteiger partial charge in [-0.2, -0.15) is 0 Å². The Labute approximate surface area is 112 Å². The quantitative estimate of drug-likeness (QED) is 0.816. The predicted octanol–water partition coefficient (Wildman–Crippen LogP) is 4.40. The Morgan fingerprint density at radius 1 is 1.24 bits per heavy atom. The van der Waals surface area contributed by atoms with Crippen molar-refractivity contribution in [1.82, 2.24) is 5.32 Å². The number of hydrogen-bond donors (Lipinski definition) is 1. The van der Waals surface area contributed by atoms with Gasteiger partial charge in [0.05, 0.1) is 0 Å². The SMILES string of the molecule is CCCNC(Cc1cccs1)c1sccc1C. The van der Waals surface area contributed by atoms with Crippen LogP contribution in [-0.2, 0) is 6.42 Å². The highest BCUT2D eigenvalue weighted by molar-refractivity contribution is 7.10. The van der Waals surface area contributed by atoms with Gasteiger partial charge in [0, 0.05) is 22.2 Å². The molecule has 2 aromatic heterocycles. The fourth-order valence-electron chi connectivity index (χ4n) is 1.95. The molecule has 3 heteroatoms. The molecule has 1 atom stereocenters. The lowest BCUT2D eigenvalue weighted by Crippen LogP contribution is -2.23. The van der Waals surface area contributed by atoms with E-state index in [2.05, 4.69) is 48.1 Å².